The van der Waals surface area contributed by atoms with Crippen LogP contribution < -0.4 is 5.73 Å². The average molecular weight is 261 g/mol. The molecule has 2 atom stereocenters. The topological polar surface area (TPSA) is 64.9 Å². The summed E-state index contributed by atoms with van der Waals surface area (Å²) in [5.41, 5.74) is 7.49. The third-order valence-corrected chi connectivity index (χ3v) is 3.70. The molecule has 3 rings (SSSR count). The molecule has 2 N–H and O–H groups in total. The van der Waals surface area contributed by atoms with E-state index < -0.39 is 0 Å². The first kappa shape index (κ1) is 12.3. The van der Waals surface area contributed by atoms with Gasteiger partial charge in [0.15, 0.2) is 0 Å². The molecule has 1 saturated carbocycles. The van der Waals surface area contributed by atoms with Gasteiger partial charge >= 0.3 is 0 Å². The van der Waals surface area contributed by atoms with Crippen LogP contribution >= 0.6 is 0 Å². The summed E-state index contributed by atoms with van der Waals surface area (Å²) in [4.78, 5) is 4.40. The van der Waals surface area contributed by atoms with E-state index in [1.807, 2.05) is 6.92 Å². The van der Waals surface area contributed by atoms with Crippen LogP contribution in [0.15, 0.2) is 22.7 Å². The van der Waals surface area contributed by atoms with Crippen LogP contribution in [0.1, 0.15) is 36.6 Å². The van der Waals surface area contributed by atoms with E-state index in [0.29, 0.717) is 17.3 Å². The number of rotatable bonds is 2. The highest BCUT2D eigenvalue weighted by molar-refractivity contribution is 5.59. The van der Waals surface area contributed by atoms with E-state index in [1.165, 1.54) is 12.1 Å². The molecule has 0 saturated heterocycles. The fraction of sp³-hybridized carbons (Fsp3) is 0.429. The molecule has 0 amide bonds. The maximum atomic E-state index is 13.3. The first-order valence-electron chi connectivity index (χ1n) is 6.49. The van der Waals surface area contributed by atoms with Crippen LogP contribution in [-0.4, -0.2) is 16.2 Å². The number of aromatic nitrogens is 2. The first-order chi connectivity index (χ1) is 9.13. The van der Waals surface area contributed by atoms with E-state index in [-0.39, 0.29) is 17.8 Å². The van der Waals surface area contributed by atoms with Crippen LogP contribution in [0.25, 0.3) is 11.4 Å². The molecular weight excluding hydrogens is 245 g/mol. The van der Waals surface area contributed by atoms with Crippen molar-refractivity contribution in [2.45, 2.75) is 38.1 Å². The van der Waals surface area contributed by atoms with Crippen molar-refractivity contribution in [2.75, 3.05) is 0 Å². The van der Waals surface area contributed by atoms with E-state index >= 15 is 0 Å². The van der Waals surface area contributed by atoms with Crippen LogP contribution in [-0.2, 0) is 0 Å². The zero-order chi connectivity index (χ0) is 13.4. The molecule has 1 fully saturated rings. The summed E-state index contributed by atoms with van der Waals surface area (Å²) in [6.45, 7) is 1.90. The van der Waals surface area contributed by atoms with E-state index in [1.54, 1.807) is 6.07 Å². The number of nitrogens with zero attached hydrogens (tertiary/aromatic N) is 2. The molecule has 1 aliphatic rings. The molecule has 0 radical (unpaired) electrons. The van der Waals surface area contributed by atoms with Crippen molar-refractivity contribution in [1.82, 2.24) is 10.1 Å². The second-order valence-corrected chi connectivity index (χ2v) is 5.19. The Kier molecular flexibility index (Phi) is 3.06. The minimum atomic E-state index is -0.296. The molecule has 1 heterocycles. The van der Waals surface area contributed by atoms with Crippen LogP contribution in [0.2, 0.25) is 0 Å². The van der Waals surface area contributed by atoms with Gasteiger partial charge in [0.2, 0.25) is 11.7 Å². The number of aryl methyl sites for hydroxylation is 1. The van der Waals surface area contributed by atoms with Crippen LogP contribution in [0.4, 0.5) is 4.39 Å². The lowest BCUT2D eigenvalue weighted by atomic mass is 10.1. The molecule has 0 bridgehead atoms. The number of nitrogens with two attached hydrogens (primary N) is 1. The minimum Gasteiger partial charge on any atom is -0.339 e. The highest BCUT2D eigenvalue weighted by Crippen LogP contribution is 2.33. The fourth-order valence-electron chi connectivity index (χ4n) is 2.59. The van der Waals surface area contributed by atoms with Crippen molar-refractivity contribution >= 4 is 0 Å². The summed E-state index contributed by atoms with van der Waals surface area (Å²) in [5, 5.41) is 3.96. The van der Waals surface area contributed by atoms with Crippen molar-refractivity contribution in [3.8, 4) is 11.4 Å². The van der Waals surface area contributed by atoms with Gasteiger partial charge in [-0.3, -0.25) is 0 Å². The highest BCUT2D eigenvalue weighted by Gasteiger charge is 2.28. The van der Waals surface area contributed by atoms with Gasteiger partial charge in [0.1, 0.15) is 5.82 Å². The Morgan fingerprint density at radius 2 is 2.21 bits per heavy atom. The quantitative estimate of drug-likeness (QED) is 0.902. The lowest BCUT2D eigenvalue weighted by Crippen LogP contribution is -2.14. The molecular formula is C14H16FN3O. The molecule has 0 spiro atoms. The maximum Gasteiger partial charge on any atom is 0.230 e. The largest absolute Gasteiger partial charge is 0.339 e. The maximum absolute atomic E-state index is 13.3. The van der Waals surface area contributed by atoms with Gasteiger partial charge in [-0.05, 0) is 43.9 Å². The summed E-state index contributed by atoms with van der Waals surface area (Å²) in [7, 11) is 0. The molecule has 100 valence electrons. The molecule has 1 aromatic carbocycles. The van der Waals surface area contributed by atoms with Gasteiger partial charge in [-0.2, -0.15) is 4.98 Å². The number of halogens is 1. The van der Waals surface area contributed by atoms with Crippen LogP contribution in [0.5, 0.6) is 0 Å². The molecule has 2 unspecified atom stereocenters. The predicted octanol–water partition coefficient (Wildman–Crippen LogP) is 2.78. The number of benzene rings is 1. The van der Waals surface area contributed by atoms with Crippen molar-refractivity contribution < 1.29 is 8.91 Å². The SMILES string of the molecule is Cc1ccc(F)cc1-c1noc(C2CCC(N)C2)n1. The third-order valence-electron chi connectivity index (χ3n) is 3.70. The molecule has 1 aromatic heterocycles. The smallest absolute Gasteiger partial charge is 0.230 e. The third kappa shape index (κ3) is 2.38. The number of hydrogen-bond acceptors (Lipinski definition) is 4. The van der Waals surface area contributed by atoms with Gasteiger partial charge in [-0.15, -0.1) is 0 Å². The Balaban J connectivity index is 1.90. The minimum absolute atomic E-state index is 0.219. The Hall–Kier alpha value is -1.75. The standard InChI is InChI=1S/C14H16FN3O/c1-8-2-4-10(15)7-12(8)13-17-14(19-18-13)9-3-5-11(16)6-9/h2,4,7,9,11H,3,5-6,16H2,1H3. The predicted molar refractivity (Wildman–Crippen MR) is 69.0 cm³/mol. The summed E-state index contributed by atoms with van der Waals surface area (Å²) < 4.78 is 18.6. The lowest BCUT2D eigenvalue weighted by molar-refractivity contribution is 0.353. The summed E-state index contributed by atoms with van der Waals surface area (Å²) in [6, 6.07) is 4.79. The Morgan fingerprint density at radius 1 is 1.37 bits per heavy atom. The zero-order valence-electron chi connectivity index (χ0n) is 10.8. The molecule has 4 nitrogen and oxygen atoms in total. The zero-order valence-corrected chi connectivity index (χ0v) is 10.8. The van der Waals surface area contributed by atoms with Gasteiger partial charge in [-0.1, -0.05) is 11.2 Å². The second-order valence-electron chi connectivity index (χ2n) is 5.19. The van der Waals surface area contributed by atoms with Crippen LogP contribution in [0, 0.1) is 12.7 Å². The Morgan fingerprint density at radius 3 is 2.95 bits per heavy atom. The molecule has 2 aromatic rings. The highest BCUT2D eigenvalue weighted by atomic mass is 19.1. The molecule has 19 heavy (non-hydrogen) atoms. The monoisotopic (exact) mass is 261 g/mol. The van der Waals surface area contributed by atoms with Crippen molar-refractivity contribution in [3.63, 3.8) is 0 Å². The molecule has 0 aliphatic heterocycles. The van der Waals surface area contributed by atoms with E-state index in [2.05, 4.69) is 10.1 Å². The first-order valence-corrected chi connectivity index (χ1v) is 6.49. The lowest BCUT2D eigenvalue weighted by Gasteiger charge is -2.02. The van der Waals surface area contributed by atoms with Crippen molar-refractivity contribution in [2.24, 2.45) is 5.73 Å². The van der Waals surface area contributed by atoms with Gasteiger partial charge in [0.05, 0.1) is 0 Å². The van der Waals surface area contributed by atoms with Crippen LogP contribution in [0.3, 0.4) is 0 Å². The van der Waals surface area contributed by atoms with Gasteiger partial charge in [0.25, 0.3) is 0 Å². The summed E-state index contributed by atoms with van der Waals surface area (Å²) >= 11 is 0. The average Bonchev–Trinajstić information content (AvgIpc) is 3.00. The van der Waals surface area contributed by atoms with E-state index in [0.717, 1.165) is 24.8 Å². The number of hydrogen-bond donors (Lipinski definition) is 1. The fourth-order valence-corrected chi connectivity index (χ4v) is 2.59. The van der Waals surface area contributed by atoms with Gasteiger partial charge < -0.3 is 10.3 Å². The normalized spacial score (nSPS) is 22.9. The Labute approximate surface area is 110 Å². The second kappa shape index (κ2) is 4.74. The molecule has 5 heteroatoms. The molecule has 1 aliphatic carbocycles. The van der Waals surface area contributed by atoms with E-state index in [4.69, 9.17) is 10.3 Å². The summed E-state index contributed by atoms with van der Waals surface area (Å²) in [6.07, 6.45) is 2.84. The van der Waals surface area contributed by atoms with Gasteiger partial charge in [0, 0.05) is 17.5 Å². The van der Waals surface area contributed by atoms with Gasteiger partial charge in [-0.25, -0.2) is 4.39 Å². The Bertz CT molecular complexity index is 596. The van der Waals surface area contributed by atoms with Crippen molar-refractivity contribution in [1.29, 1.82) is 0 Å². The van der Waals surface area contributed by atoms with E-state index in [9.17, 15) is 4.39 Å². The summed E-state index contributed by atoms with van der Waals surface area (Å²) in [5.74, 6) is 1.01. The van der Waals surface area contributed by atoms with Crippen molar-refractivity contribution in [3.05, 3.63) is 35.5 Å².